The van der Waals surface area contributed by atoms with Crippen LogP contribution in [0, 0.1) is 0 Å². The highest BCUT2D eigenvalue weighted by molar-refractivity contribution is 6.89. The predicted molar refractivity (Wildman–Crippen MR) is 260 cm³/mol. The molecule has 0 radical (unpaired) electrons. The zero-order valence-electron chi connectivity index (χ0n) is 49.5. The monoisotopic (exact) mass is 805 g/mol. The predicted octanol–water partition coefficient (Wildman–Crippen LogP) is 13.9. The molecule has 4 nitrogen and oxygen atoms in total. The molecule has 2 aliphatic heterocycles. The van der Waals surface area contributed by atoms with Crippen LogP contribution in [0.4, 0.5) is 17.1 Å². The Kier molecular flexibility index (Phi) is 4.90. The number of furan rings is 1. The topological polar surface area (TPSA) is 26.2 Å². The SMILES string of the molecule is [2H]c1c([2H])c([2H])c(N2c3cc(C(C)(C)C)cc4c3B(c3oc5c([2H])c([2H])c([2H])c([2H])c5c32)n2c3ccc(C(C)(C)C)cc3c3c5c6cc(C(C)(C)C)ccc6n(-c6c([2H])c([2H])c([2H])c([2H])c6[2H])c5cc-4c32)c([2H])c1[2H]. The maximum absolute atomic E-state index is 9.51. The molecule has 2 aliphatic rings. The minimum atomic E-state index is -0.917. The Labute approximate surface area is 377 Å². The van der Waals surface area contributed by atoms with Crippen molar-refractivity contribution in [1.82, 2.24) is 9.05 Å². The Morgan fingerprint density at radius 3 is 1.77 bits per heavy atom. The summed E-state index contributed by atoms with van der Waals surface area (Å²) >= 11 is 0. The van der Waals surface area contributed by atoms with Crippen LogP contribution < -0.4 is 16.0 Å². The van der Waals surface area contributed by atoms with Gasteiger partial charge in [0.05, 0.1) is 35.9 Å². The van der Waals surface area contributed by atoms with Gasteiger partial charge in [0.15, 0.2) is 0 Å². The number of anilines is 3. The van der Waals surface area contributed by atoms with Gasteiger partial charge in [-0.2, -0.15) is 0 Å². The van der Waals surface area contributed by atoms with E-state index in [1.54, 1.807) is 4.57 Å². The van der Waals surface area contributed by atoms with Gasteiger partial charge >= 0.3 is 6.85 Å². The van der Waals surface area contributed by atoms with Crippen molar-refractivity contribution in [1.29, 1.82) is 0 Å². The molecule has 3 aromatic heterocycles. The number of para-hydroxylation sites is 3. The second kappa shape index (κ2) is 12.1. The fourth-order valence-electron chi connectivity index (χ4n) is 9.83. The first-order chi connectivity index (χ1) is 35.0. The van der Waals surface area contributed by atoms with Gasteiger partial charge in [-0.1, -0.05) is 129 Å². The van der Waals surface area contributed by atoms with Crippen molar-refractivity contribution < 1.29 is 23.6 Å². The van der Waals surface area contributed by atoms with Crippen molar-refractivity contribution in [3.63, 3.8) is 0 Å². The third kappa shape index (κ3) is 5.01. The molecule has 0 spiro atoms. The molecule has 298 valence electrons. The zero-order valence-corrected chi connectivity index (χ0v) is 35.5. The maximum atomic E-state index is 9.51. The Balaban J connectivity index is 1.39. The van der Waals surface area contributed by atoms with Gasteiger partial charge in [-0.05, 0) is 117 Å². The van der Waals surface area contributed by atoms with Gasteiger partial charge < -0.3 is 18.4 Å². The number of nitrogens with zero attached hydrogens (tertiary/aromatic N) is 3. The fraction of sp³-hybridized carbons (Fsp3) is 0.214. The number of benzene rings is 7. The van der Waals surface area contributed by atoms with E-state index in [9.17, 15) is 8.22 Å². The molecule has 0 aliphatic carbocycles. The van der Waals surface area contributed by atoms with Crippen molar-refractivity contribution in [2.75, 3.05) is 4.90 Å². The second-order valence-corrected chi connectivity index (χ2v) is 19.6. The van der Waals surface area contributed by atoms with Gasteiger partial charge in [0.25, 0.3) is 0 Å². The average Bonchev–Trinajstić information content (AvgIpc) is 4.02. The van der Waals surface area contributed by atoms with E-state index in [2.05, 4.69) is 76.4 Å². The molecule has 0 bridgehead atoms. The minimum absolute atomic E-state index is 0.0171. The van der Waals surface area contributed by atoms with Gasteiger partial charge in [0.1, 0.15) is 11.2 Å². The van der Waals surface area contributed by atoms with Gasteiger partial charge in [-0.25, -0.2) is 0 Å². The van der Waals surface area contributed by atoms with Crippen molar-refractivity contribution in [3.8, 4) is 16.8 Å². The molecule has 0 saturated heterocycles. The van der Waals surface area contributed by atoms with Crippen LogP contribution in [0.5, 0.6) is 0 Å². The number of rotatable bonds is 2. The van der Waals surface area contributed by atoms with E-state index < -0.39 is 84.8 Å². The molecule has 5 heterocycles. The first kappa shape index (κ1) is 24.7. The second-order valence-electron chi connectivity index (χ2n) is 19.6. The fourth-order valence-corrected chi connectivity index (χ4v) is 9.83. The van der Waals surface area contributed by atoms with Crippen LogP contribution in [0.1, 0.15) is 98.2 Å². The first-order valence-corrected chi connectivity index (χ1v) is 20.7. The zero-order chi connectivity index (χ0) is 54.1. The molecule has 0 saturated carbocycles. The van der Waals surface area contributed by atoms with E-state index in [0.717, 1.165) is 49.3 Å². The summed E-state index contributed by atoms with van der Waals surface area (Å²) in [4.78, 5) is 1.54. The Morgan fingerprint density at radius 1 is 0.525 bits per heavy atom. The van der Waals surface area contributed by atoms with E-state index >= 15 is 0 Å². The summed E-state index contributed by atoms with van der Waals surface area (Å²) in [6, 6.07) is 11.5. The lowest BCUT2D eigenvalue weighted by molar-refractivity contribution is 0.590. The molecule has 0 fully saturated rings. The molecular weight excluding hydrogens is 741 g/mol. The highest BCUT2D eigenvalue weighted by atomic mass is 16.3. The lowest BCUT2D eigenvalue weighted by Crippen LogP contribution is -2.56. The standard InChI is InChI=1S/C56H50BN3O/c1-54(2,3)33-24-26-43-41(28-33)48-45(58(43)36-18-12-10-13-19-36)32-40-39-30-35(56(7,8)9)31-46-50(39)57(60-44-27-25-34(55(4,5)6)29-42(44)49(48)51(40)60)53-52(38-22-16-17-23-47(38)61-53)59(46)37-20-14-11-15-21-37/h10-32H,1-9H3/i10D,11D,12D,13D,14D,15D,16D,17D,18D,19D,20D,21D,22D,23D. The first-order valence-electron chi connectivity index (χ1n) is 27.7. The quantitative estimate of drug-likeness (QED) is 0.163. The van der Waals surface area contributed by atoms with Gasteiger partial charge in [0.2, 0.25) is 0 Å². The summed E-state index contributed by atoms with van der Waals surface area (Å²) in [6.07, 6.45) is 0. The molecule has 12 rings (SSSR count). The molecule has 10 aromatic rings. The summed E-state index contributed by atoms with van der Waals surface area (Å²) in [7, 11) is 0. The Bertz CT molecular complexity index is 4260. The molecule has 0 N–H and O–H groups in total. The van der Waals surface area contributed by atoms with Crippen molar-refractivity contribution in [3.05, 3.63) is 156 Å². The molecule has 7 aromatic carbocycles. The van der Waals surface area contributed by atoms with E-state index in [-0.39, 0.29) is 56.6 Å². The summed E-state index contributed by atoms with van der Waals surface area (Å²) in [5.41, 5.74) is 6.51. The number of hydrogen-bond acceptors (Lipinski definition) is 2. The summed E-state index contributed by atoms with van der Waals surface area (Å²) in [6.45, 7) is 18.0. The van der Waals surface area contributed by atoms with Crippen LogP contribution in [0.3, 0.4) is 0 Å². The van der Waals surface area contributed by atoms with Crippen LogP contribution in [-0.2, 0) is 16.2 Å². The summed E-state index contributed by atoms with van der Waals surface area (Å²) in [5, 5.41) is 3.19. The van der Waals surface area contributed by atoms with Crippen LogP contribution in [0.15, 0.2) is 144 Å². The maximum Gasteiger partial charge on any atom is 0.375 e. The van der Waals surface area contributed by atoms with Gasteiger partial charge in [-0.15, -0.1) is 0 Å². The Hall–Kier alpha value is -6.46. The minimum Gasteiger partial charge on any atom is -0.466 e. The van der Waals surface area contributed by atoms with E-state index in [0.29, 0.717) is 33.3 Å². The smallest absolute Gasteiger partial charge is 0.375 e. The molecule has 0 atom stereocenters. The third-order valence-electron chi connectivity index (χ3n) is 12.8. The molecule has 5 heteroatoms. The van der Waals surface area contributed by atoms with Crippen LogP contribution in [0.25, 0.3) is 71.4 Å². The lowest BCUT2D eigenvalue weighted by atomic mass is 9.47. The van der Waals surface area contributed by atoms with Crippen LogP contribution >= 0.6 is 0 Å². The molecule has 61 heavy (non-hydrogen) atoms. The van der Waals surface area contributed by atoms with Crippen molar-refractivity contribution in [2.24, 2.45) is 0 Å². The van der Waals surface area contributed by atoms with Crippen molar-refractivity contribution in [2.45, 2.75) is 78.6 Å². The highest BCUT2D eigenvalue weighted by Crippen LogP contribution is 2.52. The van der Waals surface area contributed by atoms with E-state index in [1.807, 2.05) is 45.0 Å². The highest BCUT2D eigenvalue weighted by Gasteiger charge is 2.47. The Morgan fingerprint density at radius 2 is 1.11 bits per heavy atom. The van der Waals surface area contributed by atoms with Crippen LogP contribution in [0.2, 0.25) is 0 Å². The third-order valence-corrected chi connectivity index (χ3v) is 12.8. The summed E-state index contributed by atoms with van der Waals surface area (Å²) < 4.78 is 138. The van der Waals surface area contributed by atoms with Gasteiger partial charge in [0, 0.05) is 60.6 Å². The largest absolute Gasteiger partial charge is 0.466 e. The summed E-state index contributed by atoms with van der Waals surface area (Å²) in [5.74, 6) is 0. The average molecular weight is 806 g/mol. The molecule has 0 unspecified atom stereocenters. The normalized spacial score (nSPS) is 17.1. The van der Waals surface area contributed by atoms with E-state index in [1.165, 1.54) is 4.90 Å². The van der Waals surface area contributed by atoms with Crippen LogP contribution in [-0.4, -0.2) is 15.9 Å². The molecular formula is C56H50BN3O. The van der Waals surface area contributed by atoms with Gasteiger partial charge in [-0.3, -0.25) is 0 Å². The lowest BCUT2D eigenvalue weighted by Gasteiger charge is -2.39. The van der Waals surface area contributed by atoms with Crippen molar-refractivity contribution >= 4 is 89.6 Å². The molecule has 0 amide bonds. The number of fused-ring (bicyclic) bond motifs is 13. The van der Waals surface area contributed by atoms with E-state index in [4.69, 9.17) is 15.4 Å². The number of hydrogen-bond donors (Lipinski definition) is 0. The number of aromatic nitrogens is 2.